The summed E-state index contributed by atoms with van der Waals surface area (Å²) < 4.78 is 122. The highest BCUT2D eigenvalue weighted by atomic mass is 19.4. The fourth-order valence-electron chi connectivity index (χ4n) is 3.96. The zero-order chi connectivity index (χ0) is 28.0. The standard InChI is InChI=1S/C24H15F9N2O3/c25-22(26,27)9-11-1-3-13-16(7-11)38-17-8-12(10-23(28,29)30)2-4-14(17)19(13)35-21(37)15-5-6-18(24(31,32)33)34-20(15)36/h1-8,19H,9-10H2,(H,34,36)(H,35,37). The summed E-state index contributed by atoms with van der Waals surface area (Å²) in [5.41, 5.74) is -3.67. The molecular weight excluding hydrogens is 535 g/mol. The van der Waals surface area contributed by atoms with Gasteiger partial charge < -0.3 is 15.0 Å². The predicted molar refractivity (Wildman–Crippen MR) is 114 cm³/mol. The van der Waals surface area contributed by atoms with Gasteiger partial charge in [0.15, 0.2) is 0 Å². The molecule has 1 aliphatic rings. The molecule has 0 aliphatic carbocycles. The van der Waals surface area contributed by atoms with Crippen molar-refractivity contribution < 1.29 is 49.0 Å². The van der Waals surface area contributed by atoms with Gasteiger partial charge in [-0.2, -0.15) is 39.5 Å². The summed E-state index contributed by atoms with van der Waals surface area (Å²) in [4.78, 5) is 26.6. The molecule has 4 rings (SSSR count). The lowest BCUT2D eigenvalue weighted by Crippen LogP contribution is -2.35. The van der Waals surface area contributed by atoms with Gasteiger partial charge in [-0.05, 0) is 35.4 Å². The van der Waals surface area contributed by atoms with E-state index >= 15 is 0 Å². The molecule has 0 bridgehead atoms. The van der Waals surface area contributed by atoms with Crippen LogP contribution in [0.15, 0.2) is 53.3 Å². The Hall–Kier alpha value is -3.97. The maximum atomic E-state index is 12.9. The third-order valence-corrected chi connectivity index (χ3v) is 5.54. The van der Waals surface area contributed by atoms with Gasteiger partial charge in [0.25, 0.3) is 11.5 Å². The van der Waals surface area contributed by atoms with E-state index in [4.69, 9.17) is 4.74 Å². The number of carbonyl (C=O) groups is 1. The van der Waals surface area contributed by atoms with Crippen LogP contribution in [0.25, 0.3) is 0 Å². The number of ether oxygens (including phenoxy) is 1. The van der Waals surface area contributed by atoms with Gasteiger partial charge in [-0.25, -0.2) is 0 Å². The van der Waals surface area contributed by atoms with E-state index in [1.165, 1.54) is 12.1 Å². The van der Waals surface area contributed by atoms with E-state index in [9.17, 15) is 49.1 Å². The van der Waals surface area contributed by atoms with Gasteiger partial charge in [0.2, 0.25) is 0 Å². The van der Waals surface area contributed by atoms with Crippen molar-refractivity contribution in [2.75, 3.05) is 0 Å². The number of rotatable bonds is 4. The first-order chi connectivity index (χ1) is 17.5. The van der Waals surface area contributed by atoms with Crippen LogP contribution in [0.3, 0.4) is 0 Å². The predicted octanol–water partition coefficient (Wildman–Crippen LogP) is 6.23. The lowest BCUT2D eigenvalue weighted by Gasteiger charge is -2.30. The number of halogens is 9. The molecule has 0 saturated heterocycles. The quantitative estimate of drug-likeness (QED) is 0.379. The zero-order valence-corrected chi connectivity index (χ0v) is 18.7. The average molecular weight is 550 g/mol. The fraction of sp³-hybridized carbons (Fsp3) is 0.250. The summed E-state index contributed by atoms with van der Waals surface area (Å²) in [7, 11) is 0. The first kappa shape index (κ1) is 27.1. The molecular formula is C24H15F9N2O3. The van der Waals surface area contributed by atoms with Crippen molar-refractivity contribution in [3.63, 3.8) is 0 Å². The number of amides is 1. The largest absolute Gasteiger partial charge is 0.457 e. The minimum absolute atomic E-state index is 0.115. The van der Waals surface area contributed by atoms with Crippen LogP contribution >= 0.6 is 0 Å². The minimum Gasteiger partial charge on any atom is -0.457 e. The van der Waals surface area contributed by atoms with E-state index in [0.29, 0.717) is 12.1 Å². The SMILES string of the molecule is O=C(NC1c2ccc(CC(F)(F)F)cc2Oc2cc(CC(F)(F)F)ccc21)c1ccc(C(F)(F)F)[nH]c1=O. The molecule has 38 heavy (non-hydrogen) atoms. The fourth-order valence-corrected chi connectivity index (χ4v) is 3.96. The third-order valence-electron chi connectivity index (χ3n) is 5.54. The van der Waals surface area contributed by atoms with Crippen LogP contribution in [0.4, 0.5) is 39.5 Å². The summed E-state index contributed by atoms with van der Waals surface area (Å²) in [6.45, 7) is 0. The highest BCUT2D eigenvalue weighted by Crippen LogP contribution is 2.44. The Morgan fingerprint density at radius 1 is 0.789 bits per heavy atom. The number of hydrogen-bond acceptors (Lipinski definition) is 3. The minimum atomic E-state index is -4.88. The molecule has 0 unspecified atom stereocenters. The van der Waals surface area contributed by atoms with E-state index in [2.05, 4.69) is 5.32 Å². The van der Waals surface area contributed by atoms with Gasteiger partial charge in [-0.1, -0.05) is 24.3 Å². The van der Waals surface area contributed by atoms with E-state index in [1.807, 2.05) is 0 Å². The number of benzene rings is 2. The van der Waals surface area contributed by atoms with Crippen LogP contribution in [0.2, 0.25) is 0 Å². The number of fused-ring (bicyclic) bond motifs is 2. The molecule has 2 aromatic carbocycles. The Kier molecular flexibility index (Phi) is 6.70. The Morgan fingerprint density at radius 3 is 1.71 bits per heavy atom. The van der Waals surface area contributed by atoms with Crippen molar-refractivity contribution in [3.8, 4) is 11.5 Å². The third kappa shape index (κ3) is 6.11. The van der Waals surface area contributed by atoms with Gasteiger partial charge in [0.05, 0.1) is 18.9 Å². The molecule has 1 aromatic heterocycles. The molecule has 0 spiro atoms. The molecule has 2 N–H and O–H groups in total. The summed E-state index contributed by atoms with van der Waals surface area (Å²) in [5.74, 6) is -1.51. The van der Waals surface area contributed by atoms with Crippen molar-refractivity contribution in [1.82, 2.24) is 10.3 Å². The van der Waals surface area contributed by atoms with Gasteiger partial charge in [0, 0.05) is 11.1 Å². The number of aromatic amines is 1. The molecule has 3 aromatic rings. The van der Waals surface area contributed by atoms with E-state index < -0.39 is 60.1 Å². The van der Waals surface area contributed by atoms with E-state index in [-0.39, 0.29) is 33.8 Å². The van der Waals surface area contributed by atoms with Gasteiger partial charge in [-0.15, -0.1) is 0 Å². The highest BCUT2D eigenvalue weighted by molar-refractivity contribution is 5.94. The average Bonchev–Trinajstić information content (AvgIpc) is 2.75. The van der Waals surface area contributed by atoms with E-state index in [1.54, 1.807) is 4.98 Å². The second kappa shape index (κ2) is 9.40. The summed E-state index contributed by atoms with van der Waals surface area (Å²) in [5, 5.41) is 2.42. The highest BCUT2D eigenvalue weighted by Gasteiger charge is 2.35. The second-order valence-electron chi connectivity index (χ2n) is 8.45. The number of H-pyrrole nitrogens is 1. The van der Waals surface area contributed by atoms with Crippen LogP contribution < -0.4 is 15.6 Å². The molecule has 0 saturated carbocycles. The summed E-state index contributed by atoms with van der Waals surface area (Å²) in [6, 6.07) is 6.61. The molecule has 0 fully saturated rings. The Bertz CT molecular complexity index is 1370. The normalized spacial score (nSPS) is 13.9. The Morgan fingerprint density at radius 2 is 1.29 bits per heavy atom. The number of hydrogen-bond donors (Lipinski definition) is 2. The maximum Gasteiger partial charge on any atom is 0.431 e. The van der Waals surface area contributed by atoms with Gasteiger partial charge in [-0.3, -0.25) is 9.59 Å². The number of aromatic nitrogens is 1. The molecule has 1 aliphatic heterocycles. The first-order valence-electron chi connectivity index (χ1n) is 10.7. The molecule has 2 heterocycles. The Labute approximate surface area is 207 Å². The van der Waals surface area contributed by atoms with Gasteiger partial charge in [0.1, 0.15) is 22.8 Å². The van der Waals surface area contributed by atoms with E-state index in [0.717, 1.165) is 24.3 Å². The molecule has 5 nitrogen and oxygen atoms in total. The summed E-state index contributed by atoms with van der Waals surface area (Å²) >= 11 is 0. The lowest BCUT2D eigenvalue weighted by atomic mass is 9.91. The number of carbonyl (C=O) groups excluding carboxylic acids is 1. The number of nitrogens with one attached hydrogen (secondary N) is 2. The Balaban J connectivity index is 1.74. The second-order valence-corrected chi connectivity index (χ2v) is 8.45. The van der Waals surface area contributed by atoms with Crippen LogP contribution in [0.1, 0.15) is 44.3 Å². The van der Waals surface area contributed by atoms with Crippen molar-refractivity contribution >= 4 is 5.91 Å². The van der Waals surface area contributed by atoms with Gasteiger partial charge >= 0.3 is 18.5 Å². The van der Waals surface area contributed by atoms with Crippen molar-refractivity contribution in [3.05, 3.63) is 92.4 Å². The summed E-state index contributed by atoms with van der Waals surface area (Å²) in [6.07, 6.45) is -16.7. The van der Waals surface area contributed by atoms with Crippen LogP contribution in [0.5, 0.6) is 11.5 Å². The van der Waals surface area contributed by atoms with Crippen LogP contribution in [0, 0.1) is 0 Å². The van der Waals surface area contributed by atoms with Crippen molar-refractivity contribution in [1.29, 1.82) is 0 Å². The molecule has 202 valence electrons. The van der Waals surface area contributed by atoms with Crippen LogP contribution in [-0.4, -0.2) is 23.2 Å². The molecule has 0 atom stereocenters. The van der Waals surface area contributed by atoms with Crippen molar-refractivity contribution in [2.24, 2.45) is 0 Å². The topological polar surface area (TPSA) is 71.2 Å². The molecule has 14 heteroatoms. The first-order valence-corrected chi connectivity index (χ1v) is 10.7. The molecule has 1 amide bonds. The number of alkyl halides is 9. The van der Waals surface area contributed by atoms with Crippen LogP contribution in [-0.2, 0) is 19.0 Å². The smallest absolute Gasteiger partial charge is 0.431 e. The lowest BCUT2D eigenvalue weighted by molar-refractivity contribution is -0.141. The monoisotopic (exact) mass is 550 g/mol. The zero-order valence-electron chi connectivity index (χ0n) is 18.7. The molecule has 0 radical (unpaired) electrons. The van der Waals surface area contributed by atoms with Crippen molar-refractivity contribution in [2.45, 2.75) is 37.4 Å². The number of pyridine rings is 1. The maximum absolute atomic E-state index is 12.9.